The van der Waals surface area contributed by atoms with E-state index < -0.39 is 11.8 Å². The first-order chi connectivity index (χ1) is 9.24. The van der Waals surface area contributed by atoms with E-state index >= 15 is 0 Å². The van der Waals surface area contributed by atoms with Crippen LogP contribution in [0.1, 0.15) is 10.4 Å². The van der Waals surface area contributed by atoms with E-state index in [-0.39, 0.29) is 11.6 Å². The maximum absolute atomic E-state index is 13.5. The molecule has 2 aromatic rings. The van der Waals surface area contributed by atoms with Crippen molar-refractivity contribution in [3.8, 4) is 0 Å². The first-order valence-electron chi connectivity index (χ1n) is 5.55. The van der Waals surface area contributed by atoms with Gasteiger partial charge in [-0.1, -0.05) is 24.3 Å². The number of carbonyl (C=O) groups excluding carboxylic acids is 1. The average molecular weight is 273 g/mol. The molecule has 0 fully saturated rings. The second-order valence-corrected chi connectivity index (χ2v) is 4.78. The Morgan fingerprint density at radius 2 is 2.05 bits per heavy atom. The van der Waals surface area contributed by atoms with Crippen LogP contribution < -0.4 is 0 Å². The van der Waals surface area contributed by atoms with Crippen molar-refractivity contribution >= 4 is 29.3 Å². The lowest BCUT2D eigenvalue weighted by Gasteiger charge is -1.95. The Kier molecular flexibility index (Phi) is 2.97. The summed E-state index contributed by atoms with van der Waals surface area (Å²) in [6.07, 6.45) is 1.39. The molecule has 3 nitrogen and oxygen atoms in total. The van der Waals surface area contributed by atoms with Gasteiger partial charge in [0.15, 0.2) is 5.70 Å². The molecule has 5 heteroatoms. The van der Waals surface area contributed by atoms with Crippen LogP contribution in [0.4, 0.5) is 4.39 Å². The van der Waals surface area contributed by atoms with Crippen LogP contribution in [0.5, 0.6) is 0 Å². The van der Waals surface area contributed by atoms with Crippen molar-refractivity contribution in [1.82, 2.24) is 0 Å². The lowest BCUT2D eigenvalue weighted by atomic mass is 10.2. The summed E-state index contributed by atoms with van der Waals surface area (Å²) in [7, 11) is 0. The summed E-state index contributed by atoms with van der Waals surface area (Å²) in [5, 5.41) is 1.87. The summed E-state index contributed by atoms with van der Waals surface area (Å²) in [4.78, 5) is 16.5. The standard InChI is InChI=1S/C14H8FNO2S/c15-10-5-2-1-4-9(10)8-11-14(17)18-13(16-11)12-6-3-7-19-12/h1-8H/b11-8-. The van der Waals surface area contributed by atoms with E-state index in [9.17, 15) is 9.18 Å². The summed E-state index contributed by atoms with van der Waals surface area (Å²) >= 11 is 1.42. The smallest absolute Gasteiger partial charge is 0.363 e. The normalized spacial score (nSPS) is 16.6. The molecule has 0 N–H and O–H groups in total. The van der Waals surface area contributed by atoms with Crippen molar-refractivity contribution in [3.63, 3.8) is 0 Å². The molecule has 94 valence electrons. The quantitative estimate of drug-likeness (QED) is 0.622. The van der Waals surface area contributed by atoms with Gasteiger partial charge in [-0.3, -0.25) is 0 Å². The molecule has 2 heterocycles. The molecule has 1 aliphatic heterocycles. The number of benzene rings is 1. The zero-order valence-electron chi connectivity index (χ0n) is 9.67. The topological polar surface area (TPSA) is 38.7 Å². The lowest BCUT2D eigenvalue weighted by Crippen LogP contribution is -2.03. The summed E-state index contributed by atoms with van der Waals surface area (Å²) in [5.74, 6) is -0.697. The molecule has 0 aliphatic carbocycles. The Morgan fingerprint density at radius 1 is 1.21 bits per heavy atom. The number of cyclic esters (lactones) is 1. The van der Waals surface area contributed by atoms with Crippen LogP contribution in [0.15, 0.2) is 52.5 Å². The van der Waals surface area contributed by atoms with Crippen LogP contribution in [0, 0.1) is 5.82 Å². The van der Waals surface area contributed by atoms with E-state index in [1.807, 2.05) is 17.5 Å². The van der Waals surface area contributed by atoms with Crippen molar-refractivity contribution in [2.24, 2.45) is 4.99 Å². The SMILES string of the molecule is O=C1OC(c2cccs2)=N/C1=C\c1ccccc1F. The van der Waals surface area contributed by atoms with Crippen LogP contribution in [0.2, 0.25) is 0 Å². The highest BCUT2D eigenvalue weighted by molar-refractivity contribution is 7.12. The molecule has 0 radical (unpaired) electrons. The number of esters is 1. The van der Waals surface area contributed by atoms with E-state index in [4.69, 9.17) is 4.74 Å². The molecule has 0 saturated heterocycles. The maximum Gasteiger partial charge on any atom is 0.363 e. The van der Waals surface area contributed by atoms with E-state index in [1.165, 1.54) is 23.5 Å². The summed E-state index contributed by atoms with van der Waals surface area (Å²) in [6.45, 7) is 0. The van der Waals surface area contributed by atoms with Crippen molar-refractivity contribution in [1.29, 1.82) is 0 Å². The molecule has 0 unspecified atom stereocenters. The number of rotatable bonds is 2. The van der Waals surface area contributed by atoms with Crippen molar-refractivity contribution in [2.45, 2.75) is 0 Å². The lowest BCUT2D eigenvalue weighted by molar-refractivity contribution is -0.129. The Morgan fingerprint density at radius 3 is 2.79 bits per heavy atom. The zero-order valence-corrected chi connectivity index (χ0v) is 10.5. The molecule has 1 aromatic heterocycles. The second-order valence-electron chi connectivity index (χ2n) is 3.83. The molecule has 1 aromatic carbocycles. The minimum Gasteiger partial charge on any atom is -0.401 e. The van der Waals surface area contributed by atoms with Gasteiger partial charge in [-0.2, -0.15) is 0 Å². The third kappa shape index (κ3) is 2.32. The van der Waals surface area contributed by atoms with E-state index in [1.54, 1.807) is 18.2 Å². The average Bonchev–Trinajstić information content (AvgIpc) is 3.02. The van der Waals surface area contributed by atoms with Crippen molar-refractivity contribution < 1.29 is 13.9 Å². The fourth-order valence-electron chi connectivity index (χ4n) is 1.65. The fraction of sp³-hybridized carbons (Fsp3) is 0. The Balaban J connectivity index is 1.98. The van der Waals surface area contributed by atoms with Gasteiger partial charge in [-0.05, 0) is 23.6 Å². The molecule has 3 rings (SSSR count). The largest absolute Gasteiger partial charge is 0.401 e. The van der Waals surface area contributed by atoms with E-state index in [2.05, 4.69) is 4.99 Å². The third-order valence-corrected chi connectivity index (χ3v) is 3.41. The van der Waals surface area contributed by atoms with Gasteiger partial charge in [0.25, 0.3) is 0 Å². The van der Waals surface area contributed by atoms with Crippen molar-refractivity contribution in [2.75, 3.05) is 0 Å². The van der Waals surface area contributed by atoms with Crippen molar-refractivity contribution in [3.05, 3.63) is 63.7 Å². The number of aliphatic imine (C=N–C) groups is 1. The number of carbonyl (C=O) groups is 1. The van der Waals surface area contributed by atoms with Gasteiger partial charge >= 0.3 is 5.97 Å². The maximum atomic E-state index is 13.5. The van der Waals surface area contributed by atoms with Crippen LogP contribution in [-0.2, 0) is 9.53 Å². The highest BCUT2D eigenvalue weighted by Gasteiger charge is 2.24. The van der Waals surface area contributed by atoms with Gasteiger partial charge in [0.2, 0.25) is 5.90 Å². The van der Waals surface area contributed by atoms with E-state index in [0.717, 1.165) is 4.88 Å². The van der Waals surface area contributed by atoms with Crippen LogP contribution in [0.25, 0.3) is 6.08 Å². The number of nitrogens with zero attached hydrogens (tertiary/aromatic N) is 1. The van der Waals surface area contributed by atoms with Gasteiger partial charge < -0.3 is 4.74 Å². The van der Waals surface area contributed by atoms with E-state index in [0.29, 0.717) is 5.56 Å². The summed E-state index contributed by atoms with van der Waals surface area (Å²) in [6, 6.07) is 9.84. The summed E-state index contributed by atoms with van der Waals surface area (Å²) < 4.78 is 18.6. The molecule has 0 saturated carbocycles. The van der Waals surface area contributed by atoms with Crippen LogP contribution in [0.3, 0.4) is 0 Å². The Bertz CT molecular complexity index is 689. The molecule has 1 aliphatic rings. The van der Waals surface area contributed by atoms with Gasteiger partial charge in [-0.25, -0.2) is 14.2 Å². The fourth-order valence-corrected chi connectivity index (χ4v) is 2.30. The van der Waals surface area contributed by atoms with Crippen LogP contribution >= 0.6 is 11.3 Å². The number of thiophene rings is 1. The number of ether oxygens (including phenoxy) is 1. The Hall–Kier alpha value is -2.27. The molecule has 19 heavy (non-hydrogen) atoms. The number of halogens is 1. The van der Waals surface area contributed by atoms with Gasteiger partial charge in [0.1, 0.15) is 5.82 Å². The van der Waals surface area contributed by atoms with Gasteiger partial charge in [-0.15, -0.1) is 11.3 Å². The highest BCUT2D eigenvalue weighted by Crippen LogP contribution is 2.22. The molecule has 0 spiro atoms. The van der Waals surface area contributed by atoms with Crippen LogP contribution in [-0.4, -0.2) is 11.9 Å². The zero-order chi connectivity index (χ0) is 13.2. The molecule has 0 bridgehead atoms. The number of hydrogen-bond donors (Lipinski definition) is 0. The minimum atomic E-state index is -0.563. The molecule has 0 atom stereocenters. The highest BCUT2D eigenvalue weighted by atomic mass is 32.1. The van der Waals surface area contributed by atoms with Gasteiger partial charge in [0, 0.05) is 5.56 Å². The van der Waals surface area contributed by atoms with Gasteiger partial charge in [0.05, 0.1) is 4.88 Å². The third-order valence-electron chi connectivity index (χ3n) is 2.55. The molecule has 0 amide bonds. The first kappa shape index (κ1) is 11.8. The predicted molar refractivity (Wildman–Crippen MR) is 71.3 cm³/mol. The number of hydrogen-bond acceptors (Lipinski definition) is 4. The predicted octanol–water partition coefficient (Wildman–Crippen LogP) is 3.23. The monoisotopic (exact) mass is 273 g/mol. The minimum absolute atomic E-state index is 0.105. The summed E-state index contributed by atoms with van der Waals surface area (Å²) in [5.41, 5.74) is 0.416. The molecular weight excluding hydrogens is 265 g/mol. The first-order valence-corrected chi connectivity index (χ1v) is 6.43. The molecular formula is C14H8FNO2S. The second kappa shape index (κ2) is 4.78. The Labute approximate surface area is 112 Å².